The van der Waals surface area contributed by atoms with Crippen LogP contribution in [-0.4, -0.2) is 30.1 Å². The van der Waals surface area contributed by atoms with E-state index in [1.807, 2.05) is 13.8 Å². The Balaban J connectivity index is 2.57. The first-order valence-electron chi connectivity index (χ1n) is 6.79. The van der Waals surface area contributed by atoms with E-state index < -0.39 is 19.1 Å². The van der Waals surface area contributed by atoms with Gasteiger partial charge in [-0.2, -0.15) is 0 Å². The van der Waals surface area contributed by atoms with Crippen LogP contribution in [0.25, 0.3) is 0 Å². The highest BCUT2D eigenvalue weighted by molar-refractivity contribution is 5.74. The molecule has 1 aromatic rings. The summed E-state index contributed by atoms with van der Waals surface area (Å²) in [6.07, 6.45) is 4.17. The molecule has 0 saturated heterocycles. The summed E-state index contributed by atoms with van der Waals surface area (Å²) in [5.74, 6) is 2.65. The van der Waals surface area contributed by atoms with Crippen molar-refractivity contribution in [1.82, 2.24) is 15.6 Å². The van der Waals surface area contributed by atoms with E-state index in [-0.39, 0.29) is 24.4 Å². The van der Waals surface area contributed by atoms with Gasteiger partial charge in [0.2, 0.25) is 5.88 Å². The van der Waals surface area contributed by atoms with Crippen LogP contribution in [0.4, 0.5) is 13.6 Å². The number of hydrogen-bond acceptors (Lipinski definition) is 3. The van der Waals surface area contributed by atoms with Gasteiger partial charge in [-0.15, -0.1) is 6.42 Å². The van der Waals surface area contributed by atoms with Crippen LogP contribution in [-0.2, 0) is 6.54 Å². The zero-order chi connectivity index (χ0) is 16.5. The molecule has 0 aliphatic carbocycles. The zero-order valence-electron chi connectivity index (χ0n) is 12.5. The van der Waals surface area contributed by atoms with Crippen LogP contribution < -0.4 is 15.4 Å². The number of amides is 2. The van der Waals surface area contributed by atoms with Crippen molar-refractivity contribution in [3.05, 3.63) is 23.9 Å². The monoisotopic (exact) mass is 311 g/mol. The number of urea groups is 1. The highest BCUT2D eigenvalue weighted by atomic mass is 19.3. The summed E-state index contributed by atoms with van der Waals surface area (Å²) in [7, 11) is 0. The number of aromatic nitrogens is 1. The van der Waals surface area contributed by atoms with E-state index in [1.165, 1.54) is 6.20 Å². The Hall–Kier alpha value is -2.36. The Labute approximate surface area is 128 Å². The fraction of sp³-hybridized carbons (Fsp3) is 0.467. The topological polar surface area (TPSA) is 63.2 Å². The fourth-order valence-electron chi connectivity index (χ4n) is 1.60. The van der Waals surface area contributed by atoms with Crippen molar-refractivity contribution in [1.29, 1.82) is 0 Å². The molecule has 0 bridgehead atoms. The second kappa shape index (κ2) is 8.82. The van der Waals surface area contributed by atoms with Gasteiger partial charge in [0.1, 0.15) is 0 Å². The number of nitrogens with zero attached hydrogens (tertiary/aromatic N) is 1. The lowest BCUT2D eigenvalue weighted by molar-refractivity contribution is 0.0790. The Morgan fingerprint density at radius 3 is 2.82 bits per heavy atom. The third-order valence-electron chi connectivity index (χ3n) is 2.77. The van der Waals surface area contributed by atoms with Gasteiger partial charge in [-0.3, -0.25) is 0 Å². The van der Waals surface area contributed by atoms with Crippen LogP contribution >= 0.6 is 0 Å². The van der Waals surface area contributed by atoms with Gasteiger partial charge in [0, 0.05) is 18.3 Å². The molecule has 1 heterocycles. The van der Waals surface area contributed by atoms with Crippen molar-refractivity contribution in [3.63, 3.8) is 0 Å². The van der Waals surface area contributed by atoms with Gasteiger partial charge in [0.15, 0.2) is 6.61 Å². The Morgan fingerprint density at radius 1 is 1.50 bits per heavy atom. The summed E-state index contributed by atoms with van der Waals surface area (Å²) in [6, 6.07) is 2.43. The minimum absolute atomic E-state index is 0.0699. The van der Waals surface area contributed by atoms with Crippen LogP contribution in [0.1, 0.15) is 19.4 Å². The van der Waals surface area contributed by atoms with Gasteiger partial charge in [-0.05, 0) is 12.0 Å². The van der Waals surface area contributed by atoms with Gasteiger partial charge >= 0.3 is 6.03 Å². The van der Waals surface area contributed by atoms with Crippen molar-refractivity contribution in [2.24, 2.45) is 5.92 Å². The molecule has 1 atom stereocenters. The van der Waals surface area contributed by atoms with E-state index >= 15 is 0 Å². The Bertz CT molecular complexity index is 530. The standard InChI is InChI=1S/C15H19F2N3O2/c1-4-12(10(2)3)20-15(21)19-8-11-6-5-7-18-14(11)22-9-13(16)17/h1,5-7,10,12-13H,8-9H2,2-3H3,(H2,19,20,21). The number of hydrogen-bond donors (Lipinski definition) is 2. The molecular formula is C15H19F2N3O2. The maximum atomic E-state index is 12.2. The van der Waals surface area contributed by atoms with E-state index in [2.05, 4.69) is 21.5 Å². The summed E-state index contributed by atoms with van der Waals surface area (Å²) in [4.78, 5) is 15.6. The first kappa shape index (κ1) is 17.7. The summed E-state index contributed by atoms with van der Waals surface area (Å²) < 4.78 is 29.3. The number of terminal acetylenes is 1. The summed E-state index contributed by atoms with van der Waals surface area (Å²) >= 11 is 0. The SMILES string of the molecule is C#CC(NC(=O)NCc1cccnc1OCC(F)F)C(C)C. The van der Waals surface area contributed by atoms with Crippen molar-refractivity contribution in [2.45, 2.75) is 32.9 Å². The second-order valence-corrected chi connectivity index (χ2v) is 4.89. The van der Waals surface area contributed by atoms with Gasteiger partial charge < -0.3 is 15.4 Å². The average molecular weight is 311 g/mol. The molecule has 1 unspecified atom stereocenters. The Kier molecular flexibility index (Phi) is 7.09. The minimum atomic E-state index is -2.59. The van der Waals surface area contributed by atoms with Gasteiger partial charge in [-0.25, -0.2) is 18.6 Å². The predicted molar refractivity (Wildman–Crippen MR) is 78.6 cm³/mol. The lowest BCUT2D eigenvalue weighted by Crippen LogP contribution is -2.43. The number of alkyl halides is 2. The molecule has 5 nitrogen and oxygen atoms in total. The molecule has 120 valence electrons. The second-order valence-electron chi connectivity index (χ2n) is 4.89. The molecule has 0 aliphatic rings. The van der Waals surface area contributed by atoms with E-state index in [9.17, 15) is 13.6 Å². The number of ether oxygens (including phenoxy) is 1. The van der Waals surface area contributed by atoms with Gasteiger partial charge in [0.25, 0.3) is 6.43 Å². The molecule has 2 N–H and O–H groups in total. The largest absolute Gasteiger partial charge is 0.471 e. The molecule has 1 aromatic heterocycles. The van der Waals surface area contributed by atoms with E-state index in [1.54, 1.807) is 12.1 Å². The molecule has 7 heteroatoms. The van der Waals surface area contributed by atoms with Gasteiger partial charge in [-0.1, -0.05) is 25.8 Å². The average Bonchev–Trinajstić information content (AvgIpc) is 2.48. The molecular weight excluding hydrogens is 292 g/mol. The lowest BCUT2D eigenvalue weighted by atomic mass is 10.1. The molecule has 22 heavy (non-hydrogen) atoms. The third kappa shape index (κ3) is 5.95. The Morgan fingerprint density at radius 2 is 2.23 bits per heavy atom. The van der Waals surface area contributed by atoms with Crippen molar-refractivity contribution < 1.29 is 18.3 Å². The zero-order valence-corrected chi connectivity index (χ0v) is 12.5. The smallest absolute Gasteiger partial charge is 0.316 e. The number of carbonyl (C=O) groups excluding carboxylic acids is 1. The van der Waals surface area contributed by atoms with Crippen molar-refractivity contribution in [2.75, 3.05) is 6.61 Å². The lowest BCUT2D eigenvalue weighted by Gasteiger charge is -2.17. The molecule has 2 amide bonds. The number of halogens is 2. The van der Waals surface area contributed by atoms with Gasteiger partial charge in [0.05, 0.1) is 6.04 Å². The number of nitrogens with one attached hydrogen (secondary N) is 2. The van der Waals surface area contributed by atoms with Crippen LogP contribution in [0, 0.1) is 18.3 Å². The minimum Gasteiger partial charge on any atom is -0.471 e. The maximum absolute atomic E-state index is 12.2. The quantitative estimate of drug-likeness (QED) is 0.759. The number of pyridine rings is 1. The molecule has 0 aliphatic heterocycles. The summed E-state index contributed by atoms with van der Waals surface area (Å²) in [5, 5.41) is 5.23. The normalized spacial score (nSPS) is 11.9. The van der Waals surface area contributed by atoms with Crippen LogP contribution in [0.5, 0.6) is 5.88 Å². The van der Waals surface area contributed by atoms with E-state index in [0.717, 1.165) is 0 Å². The molecule has 0 radical (unpaired) electrons. The fourth-order valence-corrected chi connectivity index (χ4v) is 1.60. The molecule has 0 spiro atoms. The van der Waals surface area contributed by atoms with Crippen LogP contribution in [0.15, 0.2) is 18.3 Å². The number of carbonyl (C=O) groups is 1. The molecule has 0 aromatic carbocycles. The van der Waals surface area contributed by atoms with E-state index in [4.69, 9.17) is 11.2 Å². The highest BCUT2D eigenvalue weighted by Crippen LogP contribution is 2.14. The third-order valence-corrected chi connectivity index (χ3v) is 2.77. The molecule has 0 fully saturated rings. The number of rotatable bonds is 7. The predicted octanol–water partition coefficient (Wildman–Crippen LogP) is 2.18. The molecule has 1 rings (SSSR count). The summed E-state index contributed by atoms with van der Waals surface area (Å²) in [6.45, 7) is 3.13. The first-order valence-corrected chi connectivity index (χ1v) is 6.79. The maximum Gasteiger partial charge on any atom is 0.316 e. The van der Waals surface area contributed by atoms with Crippen molar-refractivity contribution in [3.8, 4) is 18.2 Å². The summed E-state index contributed by atoms with van der Waals surface area (Å²) in [5.41, 5.74) is 0.500. The van der Waals surface area contributed by atoms with Crippen LogP contribution in [0.2, 0.25) is 0 Å². The van der Waals surface area contributed by atoms with Crippen LogP contribution in [0.3, 0.4) is 0 Å². The molecule has 0 saturated carbocycles. The van der Waals surface area contributed by atoms with E-state index in [0.29, 0.717) is 5.56 Å². The first-order chi connectivity index (χ1) is 10.4. The van der Waals surface area contributed by atoms with Crippen molar-refractivity contribution >= 4 is 6.03 Å². The highest BCUT2D eigenvalue weighted by Gasteiger charge is 2.14.